The molecule has 2 aliphatic heterocycles. The van der Waals surface area contributed by atoms with Crippen LogP contribution in [-0.4, -0.2) is 60.6 Å². The predicted octanol–water partition coefficient (Wildman–Crippen LogP) is 2.36. The molecule has 2 aliphatic rings. The summed E-state index contributed by atoms with van der Waals surface area (Å²) in [4.78, 5) is 16.5. The molecule has 29 heavy (non-hydrogen) atoms. The van der Waals surface area contributed by atoms with Crippen molar-refractivity contribution in [1.82, 2.24) is 15.1 Å². The van der Waals surface area contributed by atoms with Crippen LogP contribution >= 0.6 is 0 Å². The molecule has 1 fully saturated rings. The largest absolute Gasteiger partial charge is 0.477 e. The summed E-state index contributed by atoms with van der Waals surface area (Å²) in [5.41, 5.74) is 0.905. The van der Waals surface area contributed by atoms with E-state index in [-0.39, 0.29) is 12.7 Å². The molecule has 1 aromatic carbocycles. The van der Waals surface area contributed by atoms with Crippen LogP contribution in [0.25, 0.3) is 6.08 Å². The van der Waals surface area contributed by atoms with Crippen LogP contribution in [0.15, 0.2) is 36.4 Å². The van der Waals surface area contributed by atoms with E-state index in [1.807, 2.05) is 42.2 Å². The molecule has 8 heteroatoms. The number of carbonyl (C=O) groups excluding carboxylic acids is 1. The number of carbonyl (C=O) groups is 1. The maximum absolute atomic E-state index is 12.5. The van der Waals surface area contributed by atoms with Crippen molar-refractivity contribution in [3.63, 3.8) is 0 Å². The standard InChI is InChI=1S/C21H24N4O4/c1-2-13-27-20-7-6-19(22-23-20)24-9-11-25(12-10-24)21(26)8-4-16-3-5-17-18(14-16)29-15-28-17/h3-8,14H,2,9-13,15H2,1H3/b8-4+. The molecule has 0 radical (unpaired) electrons. The van der Waals surface area contributed by atoms with E-state index in [9.17, 15) is 4.79 Å². The Labute approximate surface area is 169 Å². The van der Waals surface area contributed by atoms with Gasteiger partial charge in [-0.1, -0.05) is 13.0 Å². The van der Waals surface area contributed by atoms with Crippen LogP contribution in [0.4, 0.5) is 5.82 Å². The second-order valence-electron chi connectivity index (χ2n) is 6.84. The van der Waals surface area contributed by atoms with Gasteiger partial charge in [-0.3, -0.25) is 4.79 Å². The third-order valence-corrected chi connectivity index (χ3v) is 4.81. The third kappa shape index (κ3) is 4.59. The zero-order valence-corrected chi connectivity index (χ0v) is 16.4. The summed E-state index contributed by atoms with van der Waals surface area (Å²) in [6.45, 7) is 5.63. The number of aromatic nitrogens is 2. The Morgan fingerprint density at radius 2 is 1.93 bits per heavy atom. The summed E-state index contributed by atoms with van der Waals surface area (Å²) in [5, 5.41) is 8.35. The number of benzene rings is 1. The number of rotatable bonds is 6. The number of amides is 1. The van der Waals surface area contributed by atoms with Gasteiger partial charge >= 0.3 is 0 Å². The molecule has 0 atom stereocenters. The number of piperazine rings is 1. The van der Waals surface area contributed by atoms with Crippen molar-refractivity contribution in [2.24, 2.45) is 0 Å². The van der Waals surface area contributed by atoms with Crippen LogP contribution in [0, 0.1) is 0 Å². The maximum Gasteiger partial charge on any atom is 0.246 e. The fourth-order valence-corrected chi connectivity index (χ4v) is 3.21. The Bertz CT molecular complexity index is 877. The molecule has 0 bridgehead atoms. The first kappa shape index (κ1) is 19.0. The molecule has 3 heterocycles. The third-order valence-electron chi connectivity index (χ3n) is 4.81. The smallest absolute Gasteiger partial charge is 0.246 e. The van der Waals surface area contributed by atoms with Gasteiger partial charge in [-0.25, -0.2) is 0 Å². The summed E-state index contributed by atoms with van der Waals surface area (Å²) in [6.07, 6.45) is 4.34. The van der Waals surface area contributed by atoms with Crippen LogP contribution in [-0.2, 0) is 4.79 Å². The summed E-state index contributed by atoms with van der Waals surface area (Å²) >= 11 is 0. The molecule has 2 aromatic rings. The predicted molar refractivity (Wildman–Crippen MR) is 108 cm³/mol. The van der Waals surface area contributed by atoms with Crippen LogP contribution in [0.5, 0.6) is 17.4 Å². The molecule has 1 amide bonds. The first-order valence-electron chi connectivity index (χ1n) is 9.81. The molecule has 152 valence electrons. The lowest BCUT2D eigenvalue weighted by molar-refractivity contribution is -0.126. The van der Waals surface area contributed by atoms with Gasteiger partial charge in [0, 0.05) is 38.3 Å². The zero-order valence-electron chi connectivity index (χ0n) is 16.4. The van der Waals surface area contributed by atoms with Gasteiger partial charge in [-0.15, -0.1) is 10.2 Å². The lowest BCUT2D eigenvalue weighted by Gasteiger charge is -2.34. The van der Waals surface area contributed by atoms with Gasteiger partial charge in [0.25, 0.3) is 0 Å². The number of anilines is 1. The molecule has 0 saturated carbocycles. The van der Waals surface area contributed by atoms with Gasteiger partial charge in [0.2, 0.25) is 18.6 Å². The van der Waals surface area contributed by atoms with Crippen LogP contribution in [0.3, 0.4) is 0 Å². The first-order valence-corrected chi connectivity index (χ1v) is 9.81. The summed E-state index contributed by atoms with van der Waals surface area (Å²) in [5.74, 6) is 2.78. The van der Waals surface area contributed by atoms with Crippen molar-refractivity contribution in [2.75, 3.05) is 44.5 Å². The SMILES string of the molecule is CCCOc1ccc(N2CCN(C(=O)/C=C/c3ccc4c(c3)OCO4)CC2)nn1. The quantitative estimate of drug-likeness (QED) is 0.694. The van der Waals surface area contributed by atoms with Gasteiger partial charge < -0.3 is 24.0 Å². The summed E-state index contributed by atoms with van der Waals surface area (Å²) in [6, 6.07) is 9.38. The Morgan fingerprint density at radius 3 is 2.69 bits per heavy atom. The summed E-state index contributed by atoms with van der Waals surface area (Å²) in [7, 11) is 0. The first-order chi connectivity index (χ1) is 14.2. The molecule has 8 nitrogen and oxygen atoms in total. The molecule has 1 saturated heterocycles. The van der Waals surface area contributed by atoms with Gasteiger partial charge in [-0.05, 0) is 36.3 Å². The van der Waals surface area contributed by atoms with Crippen molar-refractivity contribution in [3.05, 3.63) is 42.0 Å². The topological polar surface area (TPSA) is 77.0 Å². The molecular weight excluding hydrogens is 372 g/mol. The minimum atomic E-state index is -0.00304. The molecule has 0 unspecified atom stereocenters. The average molecular weight is 396 g/mol. The van der Waals surface area contributed by atoms with Gasteiger partial charge in [0.1, 0.15) is 0 Å². The Balaban J connectivity index is 1.29. The van der Waals surface area contributed by atoms with E-state index in [2.05, 4.69) is 15.1 Å². The number of ether oxygens (including phenoxy) is 3. The van der Waals surface area contributed by atoms with E-state index in [0.717, 1.165) is 23.6 Å². The van der Waals surface area contributed by atoms with Crippen molar-refractivity contribution < 1.29 is 19.0 Å². The van der Waals surface area contributed by atoms with Crippen molar-refractivity contribution in [3.8, 4) is 17.4 Å². The molecule has 4 rings (SSSR count). The fourth-order valence-electron chi connectivity index (χ4n) is 3.21. The van der Waals surface area contributed by atoms with Crippen molar-refractivity contribution in [1.29, 1.82) is 0 Å². The number of nitrogens with zero attached hydrogens (tertiary/aromatic N) is 4. The number of hydrogen-bond donors (Lipinski definition) is 0. The minimum absolute atomic E-state index is 0.00304. The van der Waals surface area contributed by atoms with E-state index in [1.54, 1.807) is 12.2 Å². The maximum atomic E-state index is 12.5. The van der Waals surface area contributed by atoms with Crippen molar-refractivity contribution >= 4 is 17.8 Å². The molecule has 0 N–H and O–H groups in total. The normalized spacial score (nSPS) is 15.8. The molecule has 0 spiro atoms. The van der Waals surface area contributed by atoms with Gasteiger partial charge in [0.15, 0.2) is 17.3 Å². The zero-order chi connectivity index (χ0) is 20.1. The highest BCUT2D eigenvalue weighted by Crippen LogP contribution is 2.32. The highest BCUT2D eigenvalue weighted by molar-refractivity contribution is 5.92. The van der Waals surface area contributed by atoms with Crippen LogP contribution in [0.1, 0.15) is 18.9 Å². The van der Waals surface area contributed by atoms with E-state index >= 15 is 0 Å². The Morgan fingerprint density at radius 1 is 1.10 bits per heavy atom. The van der Waals surface area contributed by atoms with Crippen LogP contribution in [0.2, 0.25) is 0 Å². The molecular formula is C21H24N4O4. The second kappa shape index (κ2) is 8.81. The number of fused-ring (bicyclic) bond motifs is 1. The average Bonchev–Trinajstić information content (AvgIpc) is 3.24. The molecule has 0 aliphatic carbocycles. The van der Waals surface area contributed by atoms with Crippen molar-refractivity contribution in [2.45, 2.75) is 13.3 Å². The highest BCUT2D eigenvalue weighted by Gasteiger charge is 2.21. The lowest BCUT2D eigenvalue weighted by atomic mass is 10.2. The monoisotopic (exact) mass is 396 g/mol. The highest BCUT2D eigenvalue weighted by atomic mass is 16.7. The van der Waals surface area contributed by atoms with E-state index in [4.69, 9.17) is 14.2 Å². The van der Waals surface area contributed by atoms with Crippen LogP contribution < -0.4 is 19.1 Å². The summed E-state index contributed by atoms with van der Waals surface area (Å²) < 4.78 is 16.1. The van der Waals surface area contributed by atoms with E-state index in [0.29, 0.717) is 44.4 Å². The Kier molecular flexibility index (Phi) is 5.79. The lowest BCUT2D eigenvalue weighted by Crippen LogP contribution is -2.48. The fraction of sp³-hybridized carbons (Fsp3) is 0.381. The van der Waals surface area contributed by atoms with Gasteiger partial charge in [-0.2, -0.15) is 0 Å². The molecule has 1 aromatic heterocycles. The number of hydrogen-bond acceptors (Lipinski definition) is 7. The Hall–Kier alpha value is -3.29. The minimum Gasteiger partial charge on any atom is -0.477 e. The van der Waals surface area contributed by atoms with E-state index in [1.165, 1.54) is 0 Å². The van der Waals surface area contributed by atoms with E-state index < -0.39 is 0 Å². The second-order valence-corrected chi connectivity index (χ2v) is 6.84. The van der Waals surface area contributed by atoms with Gasteiger partial charge in [0.05, 0.1) is 6.61 Å².